The lowest BCUT2D eigenvalue weighted by Gasteiger charge is -2.32. The van der Waals surface area contributed by atoms with Crippen LogP contribution in [0, 0.1) is 5.92 Å². The van der Waals surface area contributed by atoms with Crippen LogP contribution in [0.2, 0.25) is 0 Å². The Bertz CT molecular complexity index is 400. The first-order valence-electron chi connectivity index (χ1n) is 7.60. The van der Waals surface area contributed by atoms with Crippen molar-refractivity contribution in [1.82, 2.24) is 9.88 Å². The van der Waals surface area contributed by atoms with Crippen LogP contribution in [0.3, 0.4) is 0 Å². The predicted molar refractivity (Wildman–Crippen MR) is 78.6 cm³/mol. The summed E-state index contributed by atoms with van der Waals surface area (Å²) in [7, 11) is 0. The molecule has 0 spiro atoms. The van der Waals surface area contributed by atoms with Gasteiger partial charge in [-0.05, 0) is 43.7 Å². The highest BCUT2D eigenvalue weighted by Crippen LogP contribution is 2.21. The maximum absolute atomic E-state index is 11.8. The quantitative estimate of drug-likeness (QED) is 0.802. The molecule has 1 saturated heterocycles. The summed E-state index contributed by atoms with van der Waals surface area (Å²) in [6.45, 7) is 4.62. The van der Waals surface area contributed by atoms with Crippen molar-refractivity contribution in [3.63, 3.8) is 0 Å². The molecule has 110 valence electrons. The van der Waals surface area contributed by atoms with Gasteiger partial charge in [0.15, 0.2) is 0 Å². The second-order valence-corrected chi connectivity index (χ2v) is 5.40. The van der Waals surface area contributed by atoms with E-state index in [0.717, 1.165) is 51.1 Å². The Morgan fingerprint density at radius 3 is 2.90 bits per heavy atom. The van der Waals surface area contributed by atoms with E-state index in [9.17, 15) is 4.79 Å². The van der Waals surface area contributed by atoms with E-state index in [2.05, 4.69) is 11.9 Å². The summed E-state index contributed by atoms with van der Waals surface area (Å²) in [5.41, 5.74) is 0. The van der Waals surface area contributed by atoms with E-state index in [1.54, 1.807) is 12.4 Å². The molecule has 1 aromatic heterocycles. The summed E-state index contributed by atoms with van der Waals surface area (Å²) in [6.07, 6.45) is 8.39. The van der Waals surface area contributed by atoms with E-state index in [4.69, 9.17) is 4.74 Å². The third kappa shape index (κ3) is 4.51. The summed E-state index contributed by atoms with van der Waals surface area (Å²) >= 11 is 0. The Hall–Kier alpha value is -1.58. The predicted octanol–water partition coefficient (Wildman–Crippen LogP) is 2.89. The SMILES string of the molecule is CCCC(=O)N1CCC(CCOc2cccnc2)CC1. The number of piperidine rings is 1. The lowest BCUT2D eigenvalue weighted by molar-refractivity contribution is -0.132. The third-order valence-electron chi connectivity index (χ3n) is 3.86. The van der Waals surface area contributed by atoms with Crippen molar-refractivity contribution in [1.29, 1.82) is 0 Å². The van der Waals surface area contributed by atoms with Crippen molar-refractivity contribution in [2.24, 2.45) is 5.92 Å². The van der Waals surface area contributed by atoms with Crippen LogP contribution in [0.1, 0.15) is 39.0 Å². The fourth-order valence-corrected chi connectivity index (χ4v) is 2.62. The lowest BCUT2D eigenvalue weighted by Crippen LogP contribution is -2.38. The van der Waals surface area contributed by atoms with Crippen molar-refractivity contribution < 1.29 is 9.53 Å². The summed E-state index contributed by atoms with van der Waals surface area (Å²) in [5, 5.41) is 0. The van der Waals surface area contributed by atoms with Crippen LogP contribution in [0.5, 0.6) is 5.75 Å². The van der Waals surface area contributed by atoms with Crippen LogP contribution >= 0.6 is 0 Å². The van der Waals surface area contributed by atoms with Crippen molar-refractivity contribution in [2.75, 3.05) is 19.7 Å². The molecular weight excluding hydrogens is 252 g/mol. The van der Waals surface area contributed by atoms with Gasteiger partial charge >= 0.3 is 0 Å². The van der Waals surface area contributed by atoms with Gasteiger partial charge in [0.2, 0.25) is 5.91 Å². The standard InChI is InChI=1S/C16H24N2O2/c1-2-4-16(19)18-10-6-14(7-11-18)8-12-20-15-5-3-9-17-13-15/h3,5,9,13-14H,2,4,6-8,10-12H2,1H3. The number of amides is 1. The van der Waals surface area contributed by atoms with Crippen LogP contribution in [0.4, 0.5) is 0 Å². The average molecular weight is 276 g/mol. The number of rotatable bonds is 6. The third-order valence-corrected chi connectivity index (χ3v) is 3.86. The molecule has 2 rings (SSSR count). The number of carbonyl (C=O) groups is 1. The lowest BCUT2D eigenvalue weighted by atomic mass is 9.94. The first kappa shape index (κ1) is 14.8. The van der Waals surface area contributed by atoms with Gasteiger partial charge in [-0.15, -0.1) is 0 Å². The molecule has 0 atom stereocenters. The highest BCUT2D eigenvalue weighted by molar-refractivity contribution is 5.76. The average Bonchev–Trinajstić information content (AvgIpc) is 2.49. The van der Waals surface area contributed by atoms with E-state index in [1.165, 1.54) is 0 Å². The molecule has 0 bridgehead atoms. The molecule has 1 aromatic rings. The fourth-order valence-electron chi connectivity index (χ4n) is 2.62. The van der Waals surface area contributed by atoms with Crippen LogP contribution in [-0.2, 0) is 4.79 Å². The van der Waals surface area contributed by atoms with Crippen LogP contribution in [-0.4, -0.2) is 35.5 Å². The van der Waals surface area contributed by atoms with Gasteiger partial charge in [0.1, 0.15) is 5.75 Å². The molecule has 1 amide bonds. The molecular formula is C16H24N2O2. The molecule has 1 aliphatic rings. The summed E-state index contributed by atoms with van der Waals surface area (Å²) in [5.74, 6) is 1.83. The number of ether oxygens (including phenoxy) is 1. The first-order valence-corrected chi connectivity index (χ1v) is 7.60. The van der Waals surface area contributed by atoms with Crippen LogP contribution < -0.4 is 4.74 Å². The summed E-state index contributed by atoms with van der Waals surface area (Å²) < 4.78 is 5.68. The van der Waals surface area contributed by atoms with E-state index >= 15 is 0 Å². The van der Waals surface area contributed by atoms with Crippen molar-refractivity contribution in [3.8, 4) is 5.75 Å². The van der Waals surface area contributed by atoms with Gasteiger partial charge in [0.25, 0.3) is 0 Å². The minimum absolute atomic E-state index is 0.317. The van der Waals surface area contributed by atoms with Gasteiger partial charge in [0.05, 0.1) is 12.8 Å². The zero-order chi connectivity index (χ0) is 14.2. The second-order valence-electron chi connectivity index (χ2n) is 5.40. The maximum atomic E-state index is 11.8. The topological polar surface area (TPSA) is 42.4 Å². The Morgan fingerprint density at radius 1 is 1.45 bits per heavy atom. The number of carbonyl (C=O) groups excluding carboxylic acids is 1. The Kier molecular flexibility index (Phi) is 5.84. The van der Waals surface area contributed by atoms with E-state index in [1.807, 2.05) is 17.0 Å². The molecule has 0 radical (unpaired) electrons. The van der Waals surface area contributed by atoms with Gasteiger partial charge in [-0.2, -0.15) is 0 Å². The number of pyridine rings is 1. The number of hydrogen-bond acceptors (Lipinski definition) is 3. The molecule has 0 unspecified atom stereocenters. The molecule has 1 aliphatic heterocycles. The zero-order valence-electron chi connectivity index (χ0n) is 12.3. The number of nitrogens with zero attached hydrogens (tertiary/aromatic N) is 2. The Morgan fingerprint density at radius 2 is 2.25 bits per heavy atom. The van der Waals surface area contributed by atoms with Crippen LogP contribution in [0.25, 0.3) is 0 Å². The van der Waals surface area contributed by atoms with Crippen molar-refractivity contribution in [2.45, 2.75) is 39.0 Å². The minimum atomic E-state index is 0.317. The number of hydrogen-bond donors (Lipinski definition) is 0. The minimum Gasteiger partial charge on any atom is -0.492 e. The van der Waals surface area contributed by atoms with Gasteiger partial charge in [0, 0.05) is 25.7 Å². The highest BCUT2D eigenvalue weighted by atomic mass is 16.5. The molecule has 4 nitrogen and oxygen atoms in total. The van der Waals surface area contributed by atoms with Gasteiger partial charge in [-0.25, -0.2) is 0 Å². The monoisotopic (exact) mass is 276 g/mol. The number of aromatic nitrogens is 1. The Balaban J connectivity index is 1.63. The fraction of sp³-hybridized carbons (Fsp3) is 0.625. The smallest absolute Gasteiger partial charge is 0.222 e. The van der Waals surface area contributed by atoms with E-state index < -0.39 is 0 Å². The van der Waals surface area contributed by atoms with E-state index in [-0.39, 0.29) is 0 Å². The first-order chi connectivity index (χ1) is 9.79. The normalized spacial score (nSPS) is 16.1. The molecule has 0 N–H and O–H groups in total. The second kappa shape index (κ2) is 7.88. The molecule has 0 aromatic carbocycles. The molecule has 20 heavy (non-hydrogen) atoms. The van der Waals surface area contributed by atoms with Crippen molar-refractivity contribution >= 4 is 5.91 Å². The summed E-state index contributed by atoms with van der Waals surface area (Å²) in [6, 6.07) is 3.81. The molecule has 0 aliphatic carbocycles. The molecule has 0 saturated carbocycles. The van der Waals surface area contributed by atoms with Gasteiger partial charge < -0.3 is 9.64 Å². The largest absolute Gasteiger partial charge is 0.492 e. The molecule has 2 heterocycles. The molecule has 4 heteroatoms. The van der Waals surface area contributed by atoms with Crippen LogP contribution in [0.15, 0.2) is 24.5 Å². The highest BCUT2D eigenvalue weighted by Gasteiger charge is 2.21. The van der Waals surface area contributed by atoms with E-state index in [0.29, 0.717) is 18.2 Å². The molecule has 1 fully saturated rings. The Labute approximate surface area is 121 Å². The zero-order valence-corrected chi connectivity index (χ0v) is 12.3. The summed E-state index contributed by atoms with van der Waals surface area (Å²) in [4.78, 5) is 17.8. The van der Waals surface area contributed by atoms with Crippen molar-refractivity contribution in [3.05, 3.63) is 24.5 Å². The van der Waals surface area contributed by atoms with Gasteiger partial charge in [-0.3, -0.25) is 9.78 Å². The maximum Gasteiger partial charge on any atom is 0.222 e. The van der Waals surface area contributed by atoms with Gasteiger partial charge in [-0.1, -0.05) is 6.92 Å². The number of likely N-dealkylation sites (tertiary alicyclic amines) is 1.